The fraction of sp³-hybridized carbons (Fsp3) is 1.00. The van der Waals surface area contributed by atoms with E-state index in [-0.39, 0.29) is 0 Å². The van der Waals surface area contributed by atoms with Crippen molar-refractivity contribution in [1.29, 1.82) is 0 Å². The van der Waals surface area contributed by atoms with Gasteiger partial charge < -0.3 is 10.1 Å². The molecule has 0 radical (unpaired) electrons. The lowest BCUT2D eigenvalue weighted by molar-refractivity contribution is 0.0229. The van der Waals surface area contributed by atoms with Crippen molar-refractivity contribution < 1.29 is 4.74 Å². The van der Waals surface area contributed by atoms with Crippen LogP contribution in [0, 0.1) is 5.41 Å². The second-order valence-electron chi connectivity index (χ2n) is 5.67. The second-order valence-corrected chi connectivity index (χ2v) is 5.67. The van der Waals surface area contributed by atoms with Crippen LogP contribution in [-0.2, 0) is 4.74 Å². The minimum atomic E-state index is 0.722. The van der Waals surface area contributed by atoms with Gasteiger partial charge in [0.15, 0.2) is 0 Å². The lowest BCUT2D eigenvalue weighted by atomic mass is 9.57. The number of ether oxygens (including phenoxy) is 1. The van der Waals surface area contributed by atoms with E-state index >= 15 is 0 Å². The zero-order valence-electron chi connectivity index (χ0n) is 10.8. The van der Waals surface area contributed by atoms with Gasteiger partial charge in [0.05, 0.1) is 0 Å². The molecule has 1 unspecified atom stereocenters. The Hall–Kier alpha value is -0.0800. The lowest BCUT2D eigenvalue weighted by Crippen LogP contribution is -2.54. The predicted octanol–water partition coefficient (Wildman–Crippen LogP) is 3.12. The third-order valence-corrected chi connectivity index (χ3v) is 4.69. The molecule has 1 N–H and O–H groups in total. The van der Waals surface area contributed by atoms with Crippen molar-refractivity contribution in [2.75, 3.05) is 20.3 Å². The first-order valence-corrected chi connectivity index (χ1v) is 7.10. The first kappa shape index (κ1) is 12.4. The second kappa shape index (κ2) is 6.02. The Balaban J connectivity index is 1.62. The predicted molar refractivity (Wildman–Crippen MR) is 67.7 cm³/mol. The van der Waals surface area contributed by atoms with Crippen LogP contribution in [-0.4, -0.2) is 26.3 Å². The van der Waals surface area contributed by atoms with Crippen LogP contribution in [0.25, 0.3) is 0 Å². The van der Waals surface area contributed by atoms with Crippen molar-refractivity contribution in [1.82, 2.24) is 5.32 Å². The van der Waals surface area contributed by atoms with E-state index in [1.54, 1.807) is 7.11 Å². The van der Waals surface area contributed by atoms with Gasteiger partial charge in [-0.15, -0.1) is 0 Å². The normalized spacial score (nSPS) is 27.9. The number of nitrogens with one attached hydrogen (secondary N) is 1. The van der Waals surface area contributed by atoms with Gasteiger partial charge in [0.2, 0.25) is 0 Å². The van der Waals surface area contributed by atoms with Crippen molar-refractivity contribution in [3.05, 3.63) is 0 Å². The SMILES string of the molecule is COCCCCNC1CCC12CCCCC2. The number of methoxy groups -OCH3 is 1. The summed E-state index contributed by atoms with van der Waals surface area (Å²) in [6.45, 7) is 2.10. The van der Waals surface area contributed by atoms with Crippen LogP contribution in [0.4, 0.5) is 0 Å². The van der Waals surface area contributed by atoms with E-state index in [1.807, 2.05) is 0 Å². The molecule has 0 saturated heterocycles. The van der Waals surface area contributed by atoms with E-state index in [1.165, 1.54) is 64.3 Å². The van der Waals surface area contributed by atoms with Crippen molar-refractivity contribution in [2.24, 2.45) is 5.41 Å². The average Bonchev–Trinajstić information content (AvgIpc) is 2.33. The zero-order valence-corrected chi connectivity index (χ0v) is 10.8. The quantitative estimate of drug-likeness (QED) is 0.701. The van der Waals surface area contributed by atoms with Crippen LogP contribution in [0.5, 0.6) is 0 Å². The largest absolute Gasteiger partial charge is 0.385 e. The molecular formula is C14H27NO. The zero-order chi connectivity index (χ0) is 11.3. The summed E-state index contributed by atoms with van der Waals surface area (Å²) in [4.78, 5) is 0. The van der Waals surface area contributed by atoms with Gasteiger partial charge in [-0.2, -0.15) is 0 Å². The molecule has 0 aromatic heterocycles. The molecule has 94 valence electrons. The molecule has 0 aromatic carbocycles. The molecule has 2 fully saturated rings. The number of unbranched alkanes of at least 4 members (excludes halogenated alkanes) is 1. The first-order chi connectivity index (χ1) is 7.87. The highest BCUT2D eigenvalue weighted by atomic mass is 16.5. The number of rotatable bonds is 6. The molecule has 2 aliphatic carbocycles. The smallest absolute Gasteiger partial charge is 0.0462 e. The molecule has 0 heterocycles. The van der Waals surface area contributed by atoms with Crippen molar-refractivity contribution >= 4 is 0 Å². The summed E-state index contributed by atoms with van der Waals surface area (Å²) in [6, 6.07) is 0.843. The minimum absolute atomic E-state index is 0.722. The van der Waals surface area contributed by atoms with Gasteiger partial charge in [-0.25, -0.2) is 0 Å². The third-order valence-electron chi connectivity index (χ3n) is 4.69. The first-order valence-electron chi connectivity index (χ1n) is 7.10. The standard InChI is InChI=1S/C14H27NO/c1-16-12-6-5-11-15-13-7-10-14(13)8-3-2-4-9-14/h13,15H,2-12H2,1H3. The summed E-state index contributed by atoms with van der Waals surface area (Å²) in [5, 5.41) is 3.78. The molecule has 1 spiro atoms. The molecule has 0 bridgehead atoms. The summed E-state index contributed by atoms with van der Waals surface area (Å²) >= 11 is 0. The molecule has 1 atom stereocenters. The molecule has 0 aromatic rings. The van der Waals surface area contributed by atoms with E-state index in [0.717, 1.165) is 18.1 Å². The molecule has 2 nitrogen and oxygen atoms in total. The Morgan fingerprint density at radius 1 is 1.12 bits per heavy atom. The maximum Gasteiger partial charge on any atom is 0.0462 e. The van der Waals surface area contributed by atoms with Crippen molar-refractivity contribution in [3.8, 4) is 0 Å². The Labute approximate surface area is 100 Å². The minimum Gasteiger partial charge on any atom is -0.385 e. The third kappa shape index (κ3) is 2.78. The number of hydrogen-bond acceptors (Lipinski definition) is 2. The molecule has 2 aliphatic rings. The van der Waals surface area contributed by atoms with Crippen LogP contribution in [0.2, 0.25) is 0 Å². The highest BCUT2D eigenvalue weighted by molar-refractivity contribution is 5.01. The van der Waals surface area contributed by atoms with Crippen LogP contribution in [0.1, 0.15) is 57.8 Å². The Kier molecular flexibility index (Phi) is 4.66. The Bertz CT molecular complexity index is 199. The summed E-state index contributed by atoms with van der Waals surface area (Å²) in [5.74, 6) is 0. The summed E-state index contributed by atoms with van der Waals surface area (Å²) in [6.07, 6.45) is 12.8. The van der Waals surface area contributed by atoms with E-state index in [0.29, 0.717) is 0 Å². The van der Waals surface area contributed by atoms with E-state index in [2.05, 4.69) is 5.32 Å². The van der Waals surface area contributed by atoms with Gasteiger partial charge in [0.1, 0.15) is 0 Å². The lowest BCUT2D eigenvalue weighted by Gasteiger charge is -2.52. The van der Waals surface area contributed by atoms with Gasteiger partial charge >= 0.3 is 0 Å². The average molecular weight is 225 g/mol. The van der Waals surface area contributed by atoms with E-state index in [4.69, 9.17) is 4.74 Å². The van der Waals surface area contributed by atoms with Crippen LogP contribution in [0.15, 0.2) is 0 Å². The van der Waals surface area contributed by atoms with Crippen LogP contribution in [0.3, 0.4) is 0 Å². The highest BCUT2D eigenvalue weighted by Crippen LogP contribution is 2.51. The highest BCUT2D eigenvalue weighted by Gasteiger charge is 2.46. The molecular weight excluding hydrogens is 198 g/mol. The molecule has 16 heavy (non-hydrogen) atoms. The maximum absolute atomic E-state index is 5.07. The van der Waals surface area contributed by atoms with Crippen molar-refractivity contribution in [2.45, 2.75) is 63.8 Å². The van der Waals surface area contributed by atoms with Crippen molar-refractivity contribution in [3.63, 3.8) is 0 Å². The molecule has 0 aliphatic heterocycles. The summed E-state index contributed by atoms with van der Waals surface area (Å²) < 4.78 is 5.07. The summed E-state index contributed by atoms with van der Waals surface area (Å²) in [7, 11) is 1.79. The fourth-order valence-corrected chi connectivity index (χ4v) is 3.52. The summed E-state index contributed by atoms with van der Waals surface area (Å²) in [5.41, 5.74) is 0.722. The Morgan fingerprint density at radius 2 is 1.94 bits per heavy atom. The monoisotopic (exact) mass is 225 g/mol. The van der Waals surface area contributed by atoms with Crippen LogP contribution >= 0.6 is 0 Å². The molecule has 2 rings (SSSR count). The fourth-order valence-electron chi connectivity index (χ4n) is 3.52. The van der Waals surface area contributed by atoms with Gasteiger partial charge in [0.25, 0.3) is 0 Å². The Morgan fingerprint density at radius 3 is 2.56 bits per heavy atom. The van der Waals surface area contributed by atoms with E-state index < -0.39 is 0 Å². The number of hydrogen-bond donors (Lipinski definition) is 1. The van der Waals surface area contributed by atoms with E-state index in [9.17, 15) is 0 Å². The molecule has 2 heteroatoms. The molecule has 0 amide bonds. The topological polar surface area (TPSA) is 21.3 Å². The maximum atomic E-state index is 5.07. The van der Waals surface area contributed by atoms with Gasteiger partial charge in [-0.3, -0.25) is 0 Å². The van der Waals surface area contributed by atoms with Crippen LogP contribution < -0.4 is 5.32 Å². The van der Waals surface area contributed by atoms with Gasteiger partial charge in [0, 0.05) is 19.8 Å². The van der Waals surface area contributed by atoms with Gasteiger partial charge in [-0.05, 0) is 50.5 Å². The molecule has 2 saturated carbocycles. The van der Waals surface area contributed by atoms with Gasteiger partial charge in [-0.1, -0.05) is 19.3 Å².